The summed E-state index contributed by atoms with van der Waals surface area (Å²) in [5.74, 6) is 0.294. The van der Waals surface area contributed by atoms with Crippen LogP contribution in [0.5, 0.6) is 5.75 Å². The van der Waals surface area contributed by atoms with Crippen LogP contribution in [0.1, 0.15) is 154 Å². The number of nitrogens with two attached hydrogens (primary N) is 2. The Labute approximate surface area is 364 Å². The average Bonchev–Trinajstić information content (AvgIpc) is 3.56. The lowest BCUT2D eigenvalue weighted by molar-refractivity contribution is -0.153. The molecule has 0 spiro atoms. The fourth-order valence-electron chi connectivity index (χ4n) is 12.5. The van der Waals surface area contributed by atoms with E-state index in [1.54, 1.807) is 6.07 Å². The van der Waals surface area contributed by atoms with Crippen LogP contribution in [0.15, 0.2) is 59.7 Å². The number of esters is 2. The van der Waals surface area contributed by atoms with Crippen molar-refractivity contribution in [2.75, 3.05) is 24.7 Å². The number of halogens is 2. The summed E-state index contributed by atoms with van der Waals surface area (Å²) in [6, 6.07) is 7.40. The smallest absolute Gasteiger partial charge is 0.338 e. The second kappa shape index (κ2) is 19.5. The van der Waals surface area contributed by atoms with Gasteiger partial charge in [-0.25, -0.2) is 14.0 Å². The molecular weight excluding hydrogens is 771 g/mol. The minimum Gasteiger partial charge on any atom is -0.490 e. The largest absolute Gasteiger partial charge is 0.490 e. The predicted octanol–water partition coefficient (Wildman–Crippen LogP) is 12.8. The van der Waals surface area contributed by atoms with E-state index in [4.69, 9.17) is 25.7 Å². The van der Waals surface area contributed by atoms with Gasteiger partial charge in [0.15, 0.2) is 11.6 Å². The normalized spacial score (nSPS) is 28.2. The molecule has 0 bridgehead atoms. The van der Waals surface area contributed by atoms with Gasteiger partial charge in [-0.3, -0.25) is 0 Å². The molecule has 2 aromatic rings. The molecule has 0 aliphatic heterocycles. The van der Waals surface area contributed by atoms with Gasteiger partial charge in [-0.1, -0.05) is 64.3 Å². The molecule has 7 nitrogen and oxygen atoms in total. The molecular formula is C52H72F2N2O5. The number of carbonyl (C=O) groups is 2. The summed E-state index contributed by atoms with van der Waals surface area (Å²) < 4.78 is 47.1. The van der Waals surface area contributed by atoms with Gasteiger partial charge in [0.2, 0.25) is 5.82 Å². The molecule has 0 heterocycles. The molecule has 0 aromatic heterocycles. The van der Waals surface area contributed by atoms with Gasteiger partial charge in [-0.2, -0.15) is 4.39 Å². The van der Waals surface area contributed by atoms with E-state index in [2.05, 4.69) is 60.6 Å². The fourth-order valence-corrected chi connectivity index (χ4v) is 12.5. The van der Waals surface area contributed by atoms with Gasteiger partial charge in [-0.15, -0.1) is 0 Å². The van der Waals surface area contributed by atoms with Crippen molar-refractivity contribution in [3.63, 3.8) is 0 Å². The molecule has 9 heteroatoms. The van der Waals surface area contributed by atoms with Crippen molar-refractivity contribution in [3.05, 3.63) is 82.5 Å². The minimum atomic E-state index is -1.10. The summed E-state index contributed by atoms with van der Waals surface area (Å²) in [5, 5.41) is 0. The van der Waals surface area contributed by atoms with E-state index in [9.17, 15) is 9.59 Å². The number of unbranched alkanes of at least 4 members (excludes halogenated alkanes) is 4. The quantitative estimate of drug-likeness (QED) is 0.0536. The van der Waals surface area contributed by atoms with E-state index < -0.39 is 23.6 Å². The third-order valence-electron chi connectivity index (χ3n) is 15.5. The van der Waals surface area contributed by atoms with E-state index in [-0.39, 0.29) is 41.5 Å². The first-order chi connectivity index (χ1) is 29.0. The highest BCUT2D eigenvalue weighted by molar-refractivity contribution is 5.91. The number of carbonyl (C=O) groups excluding carboxylic acids is 2. The maximum absolute atomic E-state index is 15.1. The Hall–Kier alpha value is -4.14. The Balaban J connectivity index is 0.967. The maximum atomic E-state index is 15.1. The molecule has 4 N–H and O–H groups in total. The lowest BCUT2D eigenvalue weighted by Gasteiger charge is -2.61. The van der Waals surface area contributed by atoms with Crippen molar-refractivity contribution in [3.8, 4) is 5.75 Å². The SMILES string of the molecule is CC(C)=CCCCC(C)C1CCC2C3CC=C4C(C)(C)C(OC(=O)/C=C/c5ccc(OCCCCCCOC(=O)c6cc(N)cc(N)c6)c(F)c5F)CCC4(C)C3CCC12C. The molecule has 4 aliphatic carbocycles. The monoisotopic (exact) mass is 843 g/mol. The molecule has 8 atom stereocenters. The second-order valence-electron chi connectivity index (χ2n) is 20.2. The maximum Gasteiger partial charge on any atom is 0.338 e. The van der Waals surface area contributed by atoms with Gasteiger partial charge < -0.3 is 25.7 Å². The zero-order valence-electron chi connectivity index (χ0n) is 37.9. The first-order valence-electron chi connectivity index (χ1n) is 23.1. The molecule has 6 rings (SSSR count). The minimum absolute atomic E-state index is 0.0506. The Bertz CT molecular complexity index is 1960. The van der Waals surface area contributed by atoms with Crippen LogP contribution in [-0.2, 0) is 14.3 Å². The van der Waals surface area contributed by atoms with Crippen molar-refractivity contribution >= 4 is 29.4 Å². The molecule has 3 saturated carbocycles. The van der Waals surface area contributed by atoms with Gasteiger partial charge in [0.05, 0.1) is 18.8 Å². The number of allylic oxidation sites excluding steroid dienone is 3. The van der Waals surface area contributed by atoms with Crippen LogP contribution >= 0.6 is 0 Å². The number of benzene rings is 2. The summed E-state index contributed by atoms with van der Waals surface area (Å²) in [5.41, 5.74) is 15.5. The third kappa shape index (κ3) is 10.2. The lowest BCUT2D eigenvalue weighted by Crippen LogP contribution is -2.55. The number of hydrogen-bond donors (Lipinski definition) is 2. The van der Waals surface area contributed by atoms with Crippen molar-refractivity contribution < 1.29 is 32.6 Å². The number of rotatable bonds is 17. The molecule has 2 aromatic carbocycles. The van der Waals surface area contributed by atoms with Crippen LogP contribution in [0.2, 0.25) is 0 Å². The van der Waals surface area contributed by atoms with Gasteiger partial charge in [0.1, 0.15) is 6.10 Å². The molecule has 4 aliphatic rings. The number of ether oxygens (including phenoxy) is 3. The summed E-state index contributed by atoms with van der Waals surface area (Å²) in [7, 11) is 0. The highest BCUT2D eigenvalue weighted by atomic mass is 19.2. The zero-order valence-corrected chi connectivity index (χ0v) is 37.9. The molecule has 3 fully saturated rings. The second-order valence-corrected chi connectivity index (χ2v) is 20.2. The van der Waals surface area contributed by atoms with Crippen LogP contribution in [0, 0.1) is 57.5 Å². The molecule has 0 amide bonds. The van der Waals surface area contributed by atoms with Crippen molar-refractivity contribution in [2.45, 2.75) is 144 Å². The molecule has 61 heavy (non-hydrogen) atoms. The Morgan fingerprint density at radius 2 is 1.59 bits per heavy atom. The van der Waals surface area contributed by atoms with Crippen molar-refractivity contribution in [2.24, 2.45) is 45.8 Å². The first-order valence-corrected chi connectivity index (χ1v) is 23.1. The lowest BCUT2D eigenvalue weighted by atomic mass is 9.44. The summed E-state index contributed by atoms with van der Waals surface area (Å²) in [6.07, 6.45) is 21.8. The summed E-state index contributed by atoms with van der Waals surface area (Å²) >= 11 is 0. The van der Waals surface area contributed by atoms with Gasteiger partial charge in [-0.05, 0) is 174 Å². The van der Waals surface area contributed by atoms with Crippen LogP contribution in [0.4, 0.5) is 20.2 Å². The Morgan fingerprint density at radius 3 is 2.31 bits per heavy atom. The molecule has 334 valence electrons. The summed E-state index contributed by atoms with van der Waals surface area (Å²) in [4.78, 5) is 25.5. The average molecular weight is 843 g/mol. The number of nitrogen functional groups attached to an aromatic ring is 2. The van der Waals surface area contributed by atoms with Crippen LogP contribution in [-0.4, -0.2) is 31.3 Å². The van der Waals surface area contributed by atoms with Crippen molar-refractivity contribution in [1.82, 2.24) is 0 Å². The highest BCUT2D eigenvalue weighted by Crippen LogP contribution is 2.69. The number of hydrogen-bond acceptors (Lipinski definition) is 7. The summed E-state index contributed by atoms with van der Waals surface area (Å²) in [6.45, 7) is 16.9. The Morgan fingerprint density at radius 1 is 0.869 bits per heavy atom. The fraction of sp³-hybridized carbons (Fsp3) is 0.615. The molecule has 0 saturated heterocycles. The zero-order chi connectivity index (χ0) is 44.1. The molecule has 8 unspecified atom stereocenters. The predicted molar refractivity (Wildman–Crippen MR) is 242 cm³/mol. The number of anilines is 2. The Kier molecular flexibility index (Phi) is 14.8. The highest BCUT2D eigenvalue weighted by Gasteiger charge is 2.61. The van der Waals surface area contributed by atoms with Crippen molar-refractivity contribution in [1.29, 1.82) is 0 Å². The topological polar surface area (TPSA) is 114 Å². The standard InChI is InChI=1S/C52H72F2N2O5/c1-33(2)14-10-11-15-34(3)40-19-20-41-39-18-22-44-50(4,5)45(25-27-52(44,7)42(39)24-26-51(40,41)6)61-46(57)23-17-35-16-21-43(48(54)47(35)53)59-28-12-8-9-13-29-60-49(58)36-30-37(55)32-38(56)31-36/h14,16-17,21-23,30-32,34,39-42,45H,8-13,15,18-20,24-29,55-56H2,1-7H3/b23-17+. The van der Waals surface area contributed by atoms with E-state index in [1.807, 2.05) is 0 Å². The van der Waals surface area contributed by atoms with Gasteiger partial charge in [0, 0.05) is 28.4 Å². The van der Waals surface area contributed by atoms with Crippen LogP contribution in [0.3, 0.4) is 0 Å². The van der Waals surface area contributed by atoms with Crippen LogP contribution < -0.4 is 16.2 Å². The first kappa shape index (κ1) is 46.4. The number of fused-ring (bicyclic) bond motifs is 5. The van der Waals surface area contributed by atoms with Gasteiger partial charge >= 0.3 is 11.9 Å². The molecule has 0 radical (unpaired) electrons. The van der Waals surface area contributed by atoms with E-state index in [0.717, 1.165) is 49.9 Å². The van der Waals surface area contributed by atoms with E-state index >= 15 is 8.78 Å². The van der Waals surface area contributed by atoms with E-state index in [1.165, 1.54) is 92.5 Å². The van der Waals surface area contributed by atoms with Crippen LogP contribution in [0.25, 0.3) is 6.08 Å². The third-order valence-corrected chi connectivity index (χ3v) is 15.5. The van der Waals surface area contributed by atoms with E-state index in [0.29, 0.717) is 47.0 Å². The van der Waals surface area contributed by atoms with Gasteiger partial charge in [0.25, 0.3) is 0 Å².